The minimum Gasteiger partial charge on any atom is -0.359 e. The molecule has 158 valence electrons. The summed E-state index contributed by atoms with van der Waals surface area (Å²) in [7, 11) is 0. The highest BCUT2D eigenvalue weighted by molar-refractivity contribution is 5.53. The van der Waals surface area contributed by atoms with Gasteiger partial charge in [-0.15, -0.1) is 0 Å². The monoisotopic (exact) mass is 405 g/mol. The van der Waals surface area contributed by atoms with Gasteiger partial charge in [-0.3, -0.25) is 0 Å². The van der Waals surface area contributed by atoms with Crippen LogP contribution < -0.4 is 0 Å². The van der Waals surface area contributed by atoms with Crippen LogP contribution in [0.3, 0.4) is 0 Å². The van der Waals surface area contributed by atoms with Gasteiger partial charge in [0.2, 0.25) is 5.79 Å². The van der Waals surface area contributed by atoms with E-state index in [1.54, 1.807) is 10.6 Å². The van der Waals surface area contributed by atoms with Crippen molar-refractivity contribution in [2.75, 3.05) is 13.2 Å². The van der Waals surface area contributed by atoms with Crippen molar-refractivity contribution in [2.24, 2.45) is 0 Å². The summed E-state index contributed by atoms with van der Waals surface area (Å²) in [4.78, 5) is 4.21. The van der Waals surface area contributed by atoms with Crippen LogP contribution in [0, 0.1) is 6.92 Å². The maximum absolute atomic E-state index is 11.7. The Morgan fingerprint density at radius 2 is 2.10 bits per heavy atom. The summed E-state index contributed by atoms with van der Waals surface area (Å²) in [6.07, 6.45) is 2.49. The average molecular weight is 405 g/mol. The van der Waals surface area contributed by atoms with Crippen molar-refractivity contribution in [2.45, 2.75) is 76.2 Å². The SMILES string of the molecule is Cc1ncnn2c(C3(O)O[C@H](COC4CCCCO4)[C@H]4OC(C)(C)O[C@H]43)ccc12. The molecule has 9 heteroatoms. The summed E-state index contributed by atoms with van der Waals surface area (Å²) >= 11 is 0. The van der Waals surface area contributed by atoms with Crippen LogP contribution in [0.25, 0.3) is 5.52 Å². The van der Waals surface area contributed by atoms with E-state index in [1.807, 2.05) is 26.8 Å². The summed E-state index contributed by atoms with van der Waals surface area (Å²) in [5.74, 6) is -2.57. The molecule has 0 amide bonds. The first-order valence-electron chi connectivity index (χ1n) is 10.2. The Bertz CT molecular complexity index is 895. The lowest BCUT2D eigenvalue weighted by Gasteiger charge is -2.30. The second kappa shape index (κ2) is 6.97. The van der Waals surface area contributed by atoms with E-state index in [1.165, 1.54) is 6.33 Å². The molecule has 3 fully saturated rings. The molecule has 0 aliphatic carbocycles. The molecule has 0 bridgehead atoms. The quantitative estimate of drug-likeness (QED) is 0.820. The van der Waals surface area contributed by atoms with Gasteiger partial charge in [0.15, 0.2) is 12.1 Å². The van der Waals surface area contributed by atoms with Crippen molar-refractivity contribution in [3.05, 3.63) is 29.8 Å². The average Bonchev–Trinajstić information content (AvgIpc) is 3.34. The Hall–Kier alpha value is -1.62. The van der Waals surface area contributed by atoms with E-state index < -0.39 is 29.9 Å². The highest BCUT2D eigenvalue weighted by atomic mass is 16.8. The van der Waals surface area contributed by atoms with Crippen LogP contribution in [-0.2, 0) is 29.5 Å². The lowest BCUT2D eigenvalue weighted by atomic mass is 10.0. The Balaban J connectivity index is 1.45. The lowest BCUT2D eigenvalue weighted by molar-refractivity contribution is -0.292. The molecule has 5 atom stereocenters. The van der Waals surface area contributed by atoms with Gasteiger partial charge in [-0.1, -0.05) is 0 Å². The maximum Gasteiger partial charge on any atom is 0.240 e. The predicted molar refractivity (Wildman–Crippen MR) is 99.9 cm³/mol. The number of aliphatic hydroxyl groups is 1. The van der Waals surface area contributed by atoms with Crippen molar-refractivity contribution in [3.63, 3.8) is 0 Å². The Kier molecular flexibility index (Phi) is 4.65. The third-order valence-electron chi connectivity index (χ3n) is 5.81. The molecule has 29 heavy (non-hydrogen) atoms. The third kappa shape index (κ3) is 3.26. The maximum atomic E-state index is 11.7. The molecule has 0 spiro atoms. The number of ether oxygens (including phenoxy) is 5. The van der Waals surface area contributed by atoms with Gasteiger partial charge in [0.1, 0.15) is 30.3 Å². The molecule has 2 aromatic heterocycles. The molecule has 1 N–H and O–H groups in total. The minimum absolute atomic E-state index is 0.241. The number of nitrogens with zero attached hydrogens (tertiary/aromatic N) is 3. The molecular weight excluding hydrogens is 378 g/mol. The van der Waals surface area contributed by atoms with E-state index >= 15 is 0 Å². The predicted octanol–water partition coefficient (Wildman–Crippen LogP) is 1.64. The molecule has 5 rings (SSSR count). The van der Waals surface area contributed by atoms with Crippen molar-refractivity contribution < 1.29 is 28.8 Å². The summed E-state index contributed by atoms with van der Waals surface area (Å²) in [5, 5.41) is 16.0. The van der Waals surface area contributed by atoms with Gasteiger partial charge in [0.05, 0.1) is 17.8 Å². The zero-order valence-electron chi connectivity index (χ0n) is 16.9. The van der Waals surface area contributed by atoms with Crippen molar-refractivity contribution in [1.29, 1.82) is 0 Å². The zero-order chi connectivity index (χ0) is 20.2. The van der Waals surface area contributed by atoms with Gasteiger partial charge in [-0.05, 0) is 52.2 Å². The fourth-order valence-corrected chi connectivity index (χ4v) is 4.44. The third-order valence-corrected chi connectivity index (χ3v) is 5.81. The fraction of sp³-hybridized carbons (Fsp3) is 0.700. The topological polar surface area (TPSA) is 96.6 Å². The van der Waals surface area contributed by atoms with Crippen LogP contribution in [0.15, 0.2) is 18.5 Å². The van der Waals surface area contributed by atoms with E-state index in [0.717, 1.165) is 30.5 Å². The van der Waals surface area contributed by atoms with Crippen LogP contribution >= 0.6 is 0 Å². The molecular formula is C20H27N3O6. The van der Waals surface area contributed by atoms with Gasteiger partial charge in [0.25, 0.3) is 0 Å². The van der Waals surface area contributed by atoms with Gasteiger partial charge >= 0.3 is 0 Å². The standard InChI is InChI=1S/C20H27N3O6/c1-12-13-7-8-15(23(13)22-11-21-12)20(24)18-17(28-19(2,3)29-18)14(27-20)10-26-16-6-4-5-9-25-16/h7-8,11,14,16-18,24H,4-6,9-10H2,1-3H3/t14-,16?,17-,18-,20?/m1/s1. The normalized spacial score (nSPS) is 36.6. The second-order valence-corrected chi connectivity index (χ2v) is 8.36. The van der Waals surface area contributed by atoms with E-state index in [2.05, 4.69) is 10.1 Å². The van der Waals surface area contributed by atoms with Crippen LogP contribution in [0.1, 0.15) is 44.5 Å². The highest BCUT2D eigenvalue weighted by Gasteiger charge is 2.64. The molecule has 3 aliphatic heterocycles. The van der Waals surface area contributed by atoms with E-state index in [4.69, 9.17) is 23.7 Å². The van der Waals surface area contributed by atoms with Crippen molar-refractivity contribution >= 4 is 5.52 Å². The summed E-state index contributed by atoms with van der Waals surface area (Å²) < 4.78 is 31.5. The molecule has 2 aromatic rings. The second-order valence-electron chi connectivity index (χ2n) is 8.36. The Morgan fingerprint density at radius 1 is 1.24 bits per heavy atom. The van der Waals surface area contributed by atoms with E-state index in [0.29, 0.717) is 12.3 Å². The van der Waals surface area contributed by atoms with Crippen molar-refractivity contribution in [3.8, 4) is 0 Å². The molecule has 0 saturated carbocycles. The van der Waals surface area contributed by atoms with Gasteiger partial charge < -0.3 is 28.8 Å². The molecule has 0 radical (unpaired) electrons. The number of rotatable bonds is 4. The summed E-state index contributed by atoms with van der Waals surface area (Å²) in [6, 6.07) is 3.65. The lowest BCUT2D eigenvalue weighted by Crippen LogP contribution is -2.41. The number of aryl methyl sites for hydroxylation is 1. The van der Waals surface area contributed by atoms with Crippen molar-refractivity contribution in [1.82, 2.24) is 14.6 Å². The molecule has 0 aromatic carbocycles. The van der Waals surface area contributed by atoms with Gasteiger partial charge in [-0.25, -0.2) is 9.50 Å². The first kappa shape index (κ1) is 19.3. The van der Waals surface area contributed by atoms with Gasteiger partial charge in [0, 0.05) is 6.61 Å². The Labute approximate surface area is 168 Å². The number of fused-ring (bicyclic) bond motifs is 2. The van der Waals surface area contributed by atoms with Crippen LogP contribution in [0.5, 0.6) is 0 Å². The molecule has 3 saturated heterocycles. The van der Waals surface area contributed by atoms with Crippen LogP contribution in [0.4, 0.5) is 0 Å². The number of hydrogen-bond acceptors (Lipinski definition) is 8. The number of aromatic nitrogens is 3. The highest BCUT2D eigenvalue weighted by Crippen LogP contribution is 2.48. The molecule has 3 aliphatic rings. The zero-order valence-corrected chi connectivity index (χ0v) is 16.9. The van der Waals surface area contributed by atoms with E-state index in [-0.39, 0.29) is 12.9 Å². The summed E-state index contributed by atoms with van der Waals surface area (Å²) in [6.45, 7) is 6.49. The molecule has 9 nitrogen and oxygen atoms in total. The largest absolute Gasteiger partial charge is 0.359 e. The first-order valence-corrected chi connectivity index (χ1v) is 10.2. The smallest absolute Gasteiger partial charge is 0.240 e. The molecule has 5 heterocycles. The van der Waals surface area contributed by atoms with Crippen LogP contribution in [0.2, 0.25) is 0 Å². The summed E-state index contributed by atoms with van der Waals surface area (Å²) in [5.41, 5.74) is 2.08. The number of hydrogen-bond donors (Lipinski definition) is 1. The van der Waals surface area contributed by atoms with E-state index in [9.17, 15) is 5.11 Å². The minimum atomic E-state index is -1.73. The molecule has 2 unspecified atom stereocenters. The van der Waals surface area contributed by atoms with Crippen LogP contribution in [-0.4, -0.2) is 63.3 Å². The first-order chi connectivity index (χ1) is 13.9. The fourth-order valence-electron chi connectivity index (χ4n) is 4.44. The van der Waals surface area contributed by atoms with Gasteiger partial charge in [-0.2, -0.15) is 5.10 Å². The Morgan fingerprint density at radius 3 is 2.90 bits per heavy atom.